The molecule has 1 radical (unpaired) electrons. The Morgan fingerprint density at radius 1 is 1.18 bits per heavy atom. The molecular formula is C11H22NO4S. The van der Waals surface area contributed by atoms with E-state index in [2.05, 4.69) is 0 Å². The number of hydroxylamine groups is 2. The molecule has 1 aliphatic heterocycles. The second-order valence-corrected chi connectivity index (χ2v) is 7.83. The molecule has 6 heteroatoms. The Morgan fingerprint density at radius 2 is 1.59 bits per heavy atom. The molecule has 0 unspecified atom stereocenters. The van der Waals surface area contributed by atoms with Gasteiger partial charge in [0.05, 0.1) is 12.9 Å². The van der Waals surface area contributed by atoms with Gasteiger partial charge in [0.2, 0.25) is 0 Å². The minimum absolute atomic E-state index is 0.0972. The van der Waals surface area contributed by atoms with Crippen LogP contribution in [0.3, 0.4) is 0 Å². The molecule has 1 saturated heterocycles. The van der Waals surface area contributed by atoms with E-state index in [0.717, 1.165) is 11.3 Å². The molecule has 101 valence electrons. The van der Waals surface area contributed by atoms with E-state index >= 15 is 0 Å². The van der Waals surface area contributed by atoms with Crippen LogP contribution in [-0.2, 0) is 19.5 Å². The van der Waals surface area contributed by atoms with Gasteiger partial charge in [-0.05, 0) is 46.5 Å². The molecule has 5 nitrogen and oxygen atoms in total. The van der Waals surface area contributed by atoms with Crippen molar-refractivity contribution < 1.29 is 17.8 Å². The van der Waals surface area contributed by atoms with E-state index < -0.39 is 21.2 Å². The summed E-state index contributed by atoms with van der Waals surface area (Å²) >= 11 is 0. The Bertz CT molecular complexity index is 357. The van der Waals surface area contributed by atoms with Gasteiger partial charge in [-0.3, -0.25) is 4.18 Å². The normalized spacial score (nSPS) is 26.0. The summed E-state index contributed by atoms with van der Waals surface area (Å²) in [5, 5.41) is 13.2. The summed E-state index contributed by atoms with van der Waals surface area (Å²) in [6.45, 7) is 7.70. The van der Waals surface area contributed by atoms with Crippen molar-refractivity contribution in [3.63, 3.8) is 0 Å². The fraction of sp³-hybridized carbons (Fsp3) is 1.00. The lowest BCUT2D eigenvalue weighted by Gasteiger charge is -2.49. The largest absolute Gasteiger partial charge is 0.270 e. The third kappa shape index (κ3) is 3.91. The van der Waals surface area contributed by atoms with E-state index in [4.69, 9.17) is 4.18 Å². The maximum Gasteiger partial charge on any atom is 0.264 e. The highest BCUT2D eigenvalue weighted by atomic mass is 32.2. The summed E-state index contributed by atoms with van der Waals surface area (Å²) in [4.78, 5) is 0. The molecule has 1 fully saturated rings. The second kappa shape index (κ2) is 4.50. The highest BCUT2D eigenvalue weighted by Crippen LogP contribution is 2.40. The molecule has 0 N–H and O–H groups in total. The predicted octanol–water partition coefficient (Wildman–Crippen LogP) is 1.58. The lowest BCUT2D eigenvalue weighted by atomic mass is 9.76. The smallest absolute Gasteiger partial charge is 0.264 e. The lowest BCUT2D eigenvalue weighted by Crippen LogP contribution is -2.58. The van der Waals surface area contributed by atoms with Crippen LogP contribution in [0.5, 0.6) is 0 Å². The van der Waals surface area contributed by atoms with Gasteiger partial charge < -0.3 is 0 Å². The van der Waals surface area contributed by atoms with Crippen LogP contribution < -0.4 is 0 Å². The van der Waals surface area contributed by atoms with Gasteiger partial charge in [-0.1, -0.05) is 0 Å². The topological polar surface area (TPSA) is 66.5 Å². The Kier molecular flexibility index (Phi) is 3.94. The Labute approximate surface area is 104 Å². The summed E-state index contributed by atoms with van der Waals surface area (Å²) in [5.74, 6) is 0.0972. The molecule has 0 aromatic heterocycles. The van der Waals surface area contributed by atoms with E-state index in [-0.39, 0.29) is 12.5 Å². The molecule has 0 atom stereocenters. The highest BCUT2D eigenvalue weighted by molar-refractivity contribution is 7.85. The zero-order valence-electron chi connectivity index (χ0n) is 11.2. The van der Waals surface area contributed by atoms with Crippen molar-refractivity contribution in [2.24, 2.45) is 5.92 Å². The van der Waals surface area contributed by atoms with Gasteiger partial charge in [-0.2, -0.15) is 8.42 Å². The van der Waals surface area contributed by atoms with Crippen LogP contribution in [-0.4, -0.2) is 37.4 Å². The Balaban J connectivity index is 2.72. The first kappa shape index (κ1) is 14.9. The number of piperidine rings is 1. The second-order valence-electron chi connectivity index (χ2n) is 6.18. The molecule has 1 rings (SSSR count). The molecule has 1 heterocycles. The van der Waals surface area contributed by atoms with E-state index in [0.29, 0.717) is 12.8 Å². The third-order valence-electron chi connectivity index (χ3n) is 3.19. The minimum atomic E-state index is -3.40. The first-order chi connectivity index (χ1) is 7.44. The van der Waals surface area contributed by atoms with Crippen LogP contribution in [0.25, 0.3) is 0 Å². The maximum atomic E-state index is 12.1. The Hall–Kier alpha value is -0.170. The number of hydrogen-bond donors (Lipinski definition) is 0. The van der Waals surface area contributed by atoms with E-state index in [1.165, 1.54) is 0 Å². The number of nitrogens with zero attached hydrogens (tertiary/aromatic N) is 1. The molecule has 17 heavy (non-hydrogen) atoms. The summed E-state index contributed by atoms with van der Waals surface area (Å²) in [6, 6.07) is 0. The molecular weight excluding hydrogens is 242 g/mol. The third-order valence-corrected chi connectivity index (χ3v) is 3.76. The molecule has 0 aromatic carbocycles. The van der Waals surface area contributed by atoms with Crippen LogP contribution in [0.2, 0.25) is 0 Å². The average molecular weight is 264 g/mol. The van der Waals surface area contributed by atoms with Crippen LogP contribution >= 0.6 is 0 Å². The first-order valence-electron chi connectivity index (χ1n) is 5.76. The van der Waals surface area contributed by atoms with Crippen LogP contribution in [0.15, 0.2) is 0 Å². The van der Waals surface area contributed by atoms with Gasteiger partial charge in [0, 0.05) is 11.1 Å². The fourth-order valence-corrected chi connectivity index (χ4v) is 3.25. The fourth-order valence-electron chi connectivity index (χ4n) is 2.81. The van der Waals surface area contributed by atoms with Crippen molar-refractivity contribution in [1.29, 1.82) is 0 Å². The van der Waals surface area contributed by atoms with Crippen molar-refractivity contribution in [2.75, 3.05) is 12.9 Å². The molecule has 0 aromatic rings. The molecule has 1 aliphatic rings. The van der Waals surface area contributed by atoms with E-state index in [1.807, 2.05) is 27.7 Å². The molecule has 0 bridgehead atoms. The summed E-state index contributed by atoms with van der Waals surface area (Å²) in [6.07, 6.45) is 2.34. The predicted molar refractivity (Wildman–Crippen MR) is 64.2 cm³/mol. The standard InChI is InChI=1S/C11H22NO4S/c1-10(2)6-9(8-16-17(5,14)15)7-11(3,4)12(10)13/h9H,6-8H2,1-5H3. The summed E-state index contributed by atoms with van der Waals surface area (Å²) in [7, 11) is -3.40. The number of hydrogen-bond acceptors (Lipinski definition) is 4. The van der Waals surface area contributed by atoms with Crippen molar-refractivity contribution in [1.82, 2.24) is 5.06 Å². The molecule has 0 spiro atoms. The van der Waals surface area contributed by atoms with Crippen LogP contribution in [0.1, 0.15) is 40.5 Å². The minimum Gasteiger partial charge on any atom is -0.270 e. The van der Waals surface area contributed by atoms with Gasteiger partial charge in [-0.15, -0.1) is 10.3 Å². The SMILES string of the molecule is CC1(C)CC(COS(C)(=O)=O)CC(C)(C)N1[O]. The molecule has 0 saturated carbocycles. The van der Waals surface area contributed by atoms with Crippen molar-refractivity contribution >= 4 is 10.1 Å². The van der Waals surface area contributed by atoms with Gasteiger partial charge in [-0.25, -0.2) is 0 Å². The van der Waals surface area contributed by atoms with Crippen molar-refractivity contribution in [3.05, 3.63) is 0 Å². The van der Waals surface area contributed by atoms with Gasteiger partial charge in [0.25, 0.3) is 10.1 Å². The van der Waals surface area contributed by atoms with Crippen molar-refractivity contribution in [3.8, 4) is 0 Å². The quantitative estimate of drug-likeness (QED) is 0.726. The first-order valence-corrected chi connectivity index (χ1v) is 7.58. The maximum absolute atomic E-state index is 12.1. The molecule has 0 aliphatic carbocycles. The monoisotopic (exact) mass is 264 g/mol. The van der Waals surface area contributed by atoms with Crippen LogP contribution in [0, 0.1) is 5.92 Å². The Morgan fingerprint density at radius 3 is 1.94 bits per heavy atom. The summed E-state index contributed by atoms with van der Waals surface area (Å²) in [5.41, 5.74) is -0.958. The van der Waals surface area contributed by atoms with Gasteiger partial charge in [0.15, 0.2) is 0 Å². The molecule has 0 amide bonds. The zero-order valence-corrected chi connectivity index (χ0v) is 12.0. The van der Waals surface area contributed by atoms with E-state index in [1.54, 1.807) is 0 Å². The van der Waals surface area contributed by atoms with Gasteiger partial charge >= 0.3 is 0 Å². The van der Waals surface area contributed by atoms with Gasteiger partial charge in [0.1, 0.15) is 0 Å². The highest BCUT2D eigenvalue weighted by Gasteiger charge is 2.46. The zero-order chi connectivity index (χ0) is 13.5. The summed E-state index contributed by atoms with van der Waals surface area (Å²) < 4.78 is 26.8. The lowest BCUT2D eigenvalue weighted by molar-refractivity contribution is -0.295. The van der Waals surface area contributed by atoms with Crippen molar-refractivity contribution in [2.45, 2.75) is 51.6 Å². The van der Waals surface area contributed by atoms with E-state index in [9.17, 15) is 13.6 Å². The average Bonchev–Trinajstić information content (AvgIpc) is 2.09. The number of rotatable bonds is 3. The van der Waals surface area contributed by atoms with Crippen LogP contribution in [0.4, 0.5) is 0 Å².